The van der Waals surface area contributed by atoms with Crippen LogP contribution in [0.25, 0.3) is 33.6 Å². The molecular weight excluding hydrogens is 462 g/mol. The van der Waals surface area contributed by atoms with Crippen molar-refractivity contribution in [3.8, 4) is 33.6 Å². The van der Waals surface area contributed by atoms with E-state index in [4.69, 9.17) is 4.52 Å². The molecule has 0 aliphatic heterocycles. The largest absolute Gasteiger partial charge is 0.481 e. The minimum atomic E-state index is -0.736. The van der Waals surface area contributed by atoms with Gasteiger partial charge in [-0.05, 0) is 60.2 Å². The Hall–Kier alpha value is -4.71. The van der Waals surface area contributed by atoms with Gasteiger partial charge in [0.15, 0.2) is 5.76 Å². The SMILES string of the molecule is Cc1noc(-c2ccc(-c3ccc(C4(C(=O)O)CC4)cc3)cc2)c1Nc1cccc(-c2cccnc2)c1. The van der Waals surface area contributed by atoms with Gasteiger partial charge in [0.2, 0.25) is 0 Å². The molecule has 0 amide bonds. The van der Waals surface area contributed by atoms with Crippen molar-refractivity contribution in [2.45, 2.75) is 25.2 Å². The maximum absolute atomic E-state index is 11.6. The third-order valence-corrected chi connectivity index (χ3v) is 7.07. The zero-order valence-electron chi connectivity index (χ0n) is 20.3. The van der Waals surface area contributed by atoms with E-state index in [1.807, 2.05) is 85.9 Å². The summed E-state index contributed by atoms with van der Waals surface area (Å²) in [6.07, 6.45) is 5.02. The first kappa shape index (κ1) is 22.7. The summed E-state index contributed by atoms with van der Waals surface area (Å²) >= 11 is 0. The Labute approximate surface area is 214 Å². The van der Waals surface area contributed by atoms with E-state index in [1.165, 1.54) is 0 Å². The highest BCUT2D eigenvalue weighted by atomic mass is 16.5. The molecule has 1 saturated carbocycles. The molecule has 182 valence electrons. The van der Waals surface area contributed by atoms with Crippen LogP contribution < -0.4 is 5.32 Å². The molecule has 6 nitrogen and oxygen atoms in total. The fraction of sp³-hybridized carbons (Fsp3) is 0.129. The van der Waals surface area contributed by atoms with Gasteiger partial charge in [0.25, 0.3) is 0 Å². The molecular formula is C31H25N3O3. The second-order valence-electron chi connectivity index (χ2n) is 9.46. The number of carboxylic acids is 1. The molecule has 1 aliphatic carbocycles. The van der Waals surface area contributed by atoms with Crippen molar-refractivity contribution in [1.29, 1.82) is 0 Å². The van der Waals surface area contributed by atoms with Crippen LogP contribution in [-0.4, -0.2) is 21.2 Å². The van der Waals surface area contributed by atoms with Crippen molar-refractivity contribution in [1.82, 2.24) is 10.1 Å². The van der Waals surface area contributed by atoms with Gasteiger partial charge in [0, 0.05) is 29.2 Å². The fourth-order valence-electron chi connectivity index (χ4n) is 4.72. The highest BCUT2D eigenvalue weighted by Crippen LogP contribution is 2.48. The smallest absolute Gasteiger partial charge is 0.314 e. The van der Waals surface area contributed by atoms with Crippen LogP contribution in [0, 0.1) is 6.92 Å². The summed E-state index contributed by atoms with van der Waals surface area (Å²) in [5, 5.41) is 17.2. The minimum absolute atomic E-state index is 0.670. The lowest BCUT2D eigenvalue weighted by atomic mass is 9.93. The molecule has 1 fully saturated rings. The third kappa shape index (κ3) is 4.27. The number of aromatic nitrogens is 2. The molecule has 0 atom stereocenters. The minimum Gasteiger partial charge on any atom is -0.481 e. The first-order valence-corrected chi connectivity index (χ1v) is 12.2. The Kier molecular flexibility index (Phi) is 5.57. The summed E-state index contributed by atoms with van der Waals surface area (Å²) in [5.74, 6) is -0.0662. The van der Waals surface area contributed by atoms with Crippen molar-refractivity contribution in [2.75, 3.05) is 5.32 Å². The van der Waals surface area contributed by atoms with E-state index in [0.29, 0.717) is 18.6 Å². The molecule has 3 aromatic carbocycles. The fourth-order valence-corrected chi connectivity index (χ4v) is 4.72. The first-order valence-electron chi connectivity index (χ1n) is 12.2. The van der Waals surface area contributed by atoms with Gasteiger partial charge in [0.05, 0.1) is 5.41 Å². The Morgan fingerprint density at radius 1 is 0.865 bits per heavy atom. The molecule has 2 N–H and O–H groups in total. The van der Waals surface area contributed by atoms with E-state index in [2.05, 4.69) is 27.6 Å². The lowest BCUT2D eigenvalue weighted by molar-refractivity contribution is -0.140. The summed E-state index contributed by atoms with van der Waals surface area (Å²) in [5.41, 5.74) is 7.83. The van der Waals surface area contributed by atoms with Gasteiger partial charge in [0.1, 0.15) is 11.4 Å². The van der Waals surface area contributed by atoms with Gasteiger partial charge < -0.3 is 14.9 Å². The first-order chi connectivity index (χ1) is 18.0. The van der Waals surface area contributed by atoms with Crippen molar-refractivity contribution >= 4 is 17.3 Å². The average molecular weight is 488 g/mol. The highest BCUT2D eigenvalue weighted by molar-refractivity contribution is 5.85. The van der Waals surface area contributed by atoms with Crippen molar-refractivity contribution in [3.05, 3.63) is 109 Å². The summed E-state index contributed by atoms with van der Waals surface area (Å²) in [6, 6.07) is 28.1. The lowest BCUT2D eigenvalue weighted by Crippen LogP contribution is -2.19. The number of carboxylic acid groups (broad SMARTS) is 1. The van der Waals surface area contributed by atoms with Gasteiger partial charge in [-0.3, -0.25) is 9.78 Å². The predicted octanol–water partition coefficient (Wildman–Crippen LogP) is 7.24. The van der Waals surface area contributed by atoms with Gasteiger partial charge in [-0.15, -0.1) is 0 Å². The summed E-state index contributed by atoms with van der Waals surface area (Å²) in [7, 11) is 0. The molecule has 0 spiro atoms. The second-order valence-corrected chi connectivity index (χ2v) is 9.46. The molecule has 0 radical (unpaired) electrons. The number of aryl methyl sites for hydroxylation is 1. The predicted molar refractivity (Wildman–Crippen MR) is 144 cm³/mol. The van der Waals surface area contributed by atoms with Crippen LogP contribution in [0.1, 0.15) is 24.1 Å². The van der Waals surface area contributed by atoms with E-state index in [0.717, 1.165) is 50.4 Å². The van der Waals surface area contributed by atoms with E-state index in [-0.39, 0.29) is 0 Å². The lowest BCUT2D eigenvalue weighted by Gasteiger charge is -2.11. The van der Waals surface area contributed by atoms with Gasteiger partial charge in [-0.25, -0.2) is 0 Å². The number of aliphatic carboxylic acids is 1. The highest BCUT2D eigenvalue weighted by Gasteiger charge is 2.51. The monoisotopic (exact) mass is 487 g/mol. The maximum Gasteiger partial charge on any atom is 0.314 e. The zero-order valence-corrected chi connectivity index (χ0v) is 20.3. The van der Waals surface area contributed by atoms with Gasteiger partial charge in [-0.2, -0.15) is 0 Å². The van der Waals surface area contributed by atoms with Crippen molar-refractivity contribution in [2.24, 2.45) is 0 Å². The quantitative estimate of drug-likeness (QED) is 0.252. The van der Waals surface area contributed by atoms with Crippen LogP contribution in [-0.2, 0) is 10.2 Å². The number of carbonyl (C=O) groups is 1. The van der Waals surface area contributed by atoms with Crippen LogP contribution in [0.5, 0.6) is 0 Å². The molecule has 0 unspecified atom stereocenters. The standard InChI is InChI=1S/C31H25N3O3/c1-20-28(33-27-6-2-4-24(18-27)25-5-3-17-32-19-25)29(37-34-20)23-9-7-21(8-10-23)22-11-13-26(14-12-22)31(15-16-31)30(35)36/h2-14,17-19,33H,15-16H2,1H3,(H,35,36). The van der Waals surface area contributed by atoms with Crippen LogP contribution in [0.15, 0.2) is 102 Å². The number of hydrogen-bond donors (Lipinski definition) is 2. The number of benzene rings is 3. The van der Waals surface area contributed by atoms with Gasteiger partial charge in [-0.1, -0.05) is 71.9 Å². The molecule has 1 aliphatic rings. The molecule has 2 aromatic heterocycles. The molecule has 6 rings (SSSR count). The molecule has 5 aromatic rings. The number of rotatable bonds is 7. The number of pyridine rings is 1. The summed E-state index contributed by atoms with van der Waals surface area (Å²) in [6.45, 7) is 1.92. The Morgan fingerprint density at radius 2 is 1.54 bits per heavy atom. The van der Waals surface area contributed by atoms with Crippen LogP contribution >= 0.6 is 0 Å². The number of nitrogens with zero attached hydrogens (tertiary/aromatic N) is 2. The summed E-state index contributed by atoms with van der Waals surface area (Å²) in [4.78, 5) is 15.8. The summed E-state index contributed by atoms with van der Waals surface area (Å²) < 4.78 is 5.72. The number of nitrogens with one attached hydrogen (secondary N) is 1. The van der Waals surface area contributed by atoms with Crippen LogP contribution in [0.2, 0.25) is 0 Å². The second kappa shape index (κ2) is 9.06. The van der Waals surface area contributed by atoms with Crippen molar-refractivity contribution in [3.63, 3.8) is 0 Å². The molecule has 0 bridgehead atoms. The topological polar surface area (TPSA) is 88.2 Å². The Bertz CT molecular complexity index is 1570. The van der Waals surface area contributed by atoms with E-state index in [9.17, 15) is 9.90 Å². The average Bonchev–Trinajstić information content (AvgIpc) is 3.69. The van der Waals surface area contributed by atoms with Crippen LogP contribution in [0.3, 0.4) is 0 Å². The Morgan fingerprint density at radius 3 is 2.19 bits per heavy atom. The van der Waals surface area contributed by atoms with Gasteiger partial charge >= 0.3 is 5.97 Å². The molecule has 6 heteroatoms. The Balaban J connectivity index is 1.24. The number of hydrogen-bond acceptors (Lipinski definition) is 5. The van der Waals surface area contributed by atoms with Crippen molar-refractivity contribution < 1.29 is 14.4 Å². The molecule has 0 saturated heterocycles. The maximum atomic E-state index is 11.6. The van der Waals surface area contributed by atoms with Crippen LogP contribution in [0.4, 0.5) is 11.4 Å². The van der Waals surface area contributed by atoms with E-state index < -0.39 is 11.4 Å². The molecule has 2 heterocycles. The van der Waals surface area contributed by atoms with E-state index >= 15 is 0 Å². The zero-order chi connectivity index (χ0) is 25.4. The third-order valence-electron chi connectivity index (χ3n) is 7.07. The van der Waals surface area contributed by atoms with E-state index in [1.54, 1.807) is 6.20 Å². The molecule has 37 heavy (non-hydrogen) atoms. The number of anilines is 2. The normalized spacial score (nSPS) is 13.8.